The number of nitrogens with two attached hydrogens (primary N) is 1. The molecule has 0 bridgehead atoms. The molecule has 172 valence electrons. The maximum atomic E-state index is 13.6. The monoisotopic (exact) mass is 487 g/mol. The lowest BCUT2D eigenvalue weighted by Gasteiger charge is -2.17. The Bertz CT molecular complexity index is 1240. The number of alkyl halides is 9. The SMILES string of the molecule is Cc1cs[c-]c1-n1c(-c2ccc(C(F)(F)F)cc2C(F)(F)F)[nH+]c(C(F)(F)F)c(N)c1=O. The molecule has 0 spiro atoms. The lowest BCUT2D eigenvalue weighted by atomic mass is 10.0. The number of aromatic nitrogens is 2. The van der Waals surface area contributed by atoms with Gasteiger partial charge in [0, 0.05) is 5.69 Å². The third-order valence-corrected chi connectivity index (χ3v) is 5.13. The minimum absolute atomic E-state index is 0.209. The first-order valence-electron chi connectivity index (χ1n) is 8.33. The van der Waals surface area contributed by atoms with E-state index in [9.17, 15) is 44.3 Å². The molecule has 0 fully saturated rings. The summed E-state index contributed by atoms with van der Waals surface area (Å²) in [7, 11) is 0. The van der Waals surface area contributed by atoms with Gasteiger partial charge in [-0.25, -0.2) is 9.78 Å². The third kappa shape index (κ3) is 4.18. The Kier molecular flexibility index (Phi) is 5.56. The van der Waals surface area contributed by atoms with Crippen LogP contribution < -0.4 is 16.3 Å². The number of nitrogen functional groups attached to an aromatic ring is 1. The number of thiophene rings is 1. The zero-order chi connectivity index (χ0) is 24.2. The molecule has 2 heterocycles. The van der Waals surface area contributed by atoms with Crippen LogP contribution in [-0.4, -0.2) is 4.57 Å². The number of benzene rings is 1. The number of hydrogen-bond donors (Lipinski definition) is 1. The number of rotatable bonds is 2. The molecule has 32 heavy (non-hydrogen) atoms. The predicted octanol–water partition coefficient (Wildman–Crippen LogP) is 5.13. The highest BCUT2D eigenvalue weighted by molar-refractivity contribution is 7.07. The van der Waals surface area contributed by atoms with Crippen molar-refractivity contribution in [1.29, 1.82) is 0 Å². The fraction of sp³-hybridized carbons (Fsp3) is 0.222. The Balaban J connectivity index is 2.51. The molecule has 2 aromatic heterocycles. The molecular formula is C18H10F9N3OS. The summed E-state index contributed by atoms with van der Waals surface area (Å²) in [5.41, 5.74) is -4.02. The summed E-state index contributed by atoms with van der Waals surface area (Å²) in [5.74, 6) is -1.06. The standard InChI is InChI=1S/C18H9F9N3OS/c1-7-5-32-6-11(7)30-14(29-13(18(25,26)27)12(28)15(30)31)9-3-2-8(16(19,20)21)4-10(9)17(22,23)24/h2-5H,28H2,1H3/q-1/p+1. The van der Waals surface area contributed by atoms with Crippen molar-refractivity contribution in [3.05, 3.63) is 61.7 Å². The van der Waals surface area contributed by atoms with Gasteiger partial charge in [0.25, 0.3) is 5.82 Å². The molecule has 14 heteroatoms. The number of aryl methyl sites for hydroxylation is 1. The van der Waals surface area contributed by atoms with E-state index in [1.54, 1.807) is 4.98 Å². The second-order valence-electron chi connectivity index (χ2n) is 6.53. The van der Waals surface area contributed by atoms with Gasteiger partial charge in [-0.1, -0.05) is 12.3 Å². The van der Waals surface area contributed by atoms with Crippen molar-refractivity contribution in [3.8, 4) is 17.1 Å². The number of anilines is 1. The van der Waals surface area contributed by atoms with Crippen LogP contribution in [-0.2, 0) is 18.5 Å². The van der Waals surface area contributed by atoms with Crippen molar-refractivity contribution in [2.24, 2.45) is 0 Å². The summed E-state index contributed by atoms with van der Waals surface area (Å²) in [5, 5.41) is 3.95. The molecule has 0 unspecified atom stereocenters. The second kappa shape index (κ2) is 7.53. The van der Waals surface area contributed by atoms with Gasteiger partial charge in [-0.15, -0.1) is 5.56 Å². The summed E-state index contributed by atoms with van der Waals surface area (Å²) < 4.78 is 121. The number of halogens is 9. The Morgan fingerprint density at radius 1 is 1.00 bits per heavy atom. The van der Waals surface area contributed by atoms with E-state index in [0.29, 0.717) is 10.6 Å². The van der Waals surface area contributed by atoms with Gasteiger partial charge in [0.05, 0.1) is 16.7 Å². The minimum Gasteiger partial charge on any atom is -0.389 e. The van der Waals surface area contributed by atoms with Gasteiger partial charge < -0.3 is 5.73 Å². The highest BCUT2D eigenvalue weighted by Crippen LogP contribution is 2.41. The summed E-state index contributed by atoms with van der Waals surface area (Å²) in [6.07, 6.45) is -15.8. The molecule has 1 aromatic carbocycles. The maximum absolute atomic E-state index is 13.6. The van der Waals surface area contributed by atoms with Crippen LogP contribution in [0.5, 0.6) is 0 Å². The van der Waals surface area contributed by atoms with Gasteiger partial charge in [0.15, 0.2) is 5.69 Å². The van der Waals surface area contributed by atoms with E-state index in [0.717, 1.165) is 11.3 Å². The number of hydrogen-bond acceptors (Lipinski definition) is 3. The zero-order valence-corrected chi connectivity index (χ0v) is 16.4. The van der Waals surface area contributed by atoms with Crippen LogP contribution in [0.4, 0.5) is 45.2 Å². The van der Waals surface area contributed by atoms with Crippen LogP contribution in [0.2, 0.25) is 0 Å². The fourth-order valence-corrected chi connectivity index (χ4v) is 3.60. The third-order valence-electron chi connectivity index (χ3n) is 4.35. The molecule has 3 rings (SSSR count). The van der Waals surface area contributed by atoms with Crippen molar-refractivity contribution in [1.82, 2.24) is 4.57 Å². The largest absolute Gasteiger partial charge is 0.455 e. The molecule has 4 nitrogen and oxygen atoms in total. The van der Waals surface area contributed by atoms with Crippen LogP contribution >= 0.6 is 11.3 Å². The zero-order valence-electron chi connectivity index (χ0n) is 15.6. The van der Waals surface area contributed by atoms with Crippen LogP contribution in [0.15, 0.2) is 28.4 Å². The first-order valence-corrected chi connectivity index (χ1v) is 9.21. The molecule has 3 aromatic rings. The van der Waals surface area contributed by atoms with E-state index >= 15 is 0 Å². The van der Waals surface area contributed by atoms with Gasteiger partial charge in [0.2, 0.25) is 5.69 Å². The number of aromatic amines is 1. The smallest absolute Gasteiger partial charge is 0.389 e. The average Bonchev–Trinajstić information content (AvgIpc) is 3.06. The molecule has 0 radical (unpaired) electrons. The lowest BCUT2D eigenvalue weighted by molar-refractivity contribution is -0.418. The van der Waals surface area contributed by atoms with Crippen LogP contribution in [0.3, 0.4) is 0 Å². The Morgan fingerprint density at radius 3 is 2.09 bits per heavy atom. The van der Waals surface area contributed by atoms with Crippen molar-refractivity contribution in [2.75, 3.05) is 5.73 Å². The molecule has 0 aliphatic carbocycles. The highest BCUT2D eigenvalue weighted by Gasteiger charge is 2.44. The molecule has 0 amide bonds. The average molecular weight is 487 g/mol. The van der Waals surface area contributed by atoms with Gasteiger partial charge in [-0.2, -0.15) is 49.5 Å². The second-order valence-corrected chi connectivity index (χ2v) is 7.20. The fourth-order valence-electron chi connectivity index (χ4n) is 2.89. The molecule has 0 saturated carbocycles. The van der Waals surface area contributed by atoms with Crippen LogP contribution in [0, 0.1) is 12.3 Å². The Labute approximate surface area is 176 Å². The van der Waals surface area contributed by atoms with E-state index in [1.807, 2.05) is 0 Å². The number of nitrogens with zero attached hydrogens (tertiary/aromatic N) is 1. The van der Waals surface area contributed by atoms with E-state index in [1.165, 1.54) is 12.3 Å². The number of H-pyrrole nitrogens is 1. The Morgan fingerprint density at radius 2 is 1.62 bits per heavy atom. The van der Waals surface area contributed by atoms with Gasteiger partial charge in [-0.05, 0) is 18.2 Å². The van der Waals surface area contributed by atoms with Gasteiger partial charge in [-0.3, -0.25) is 11.3 Å². The molecule has 0 aliphatic heterocycles. The molecule has 3 N–H and O–H groups in total. The predicted molar refractivity (Wildman–Crippen MR) is 94.9 cm³/mol. The van der Waals surface area contributed by atoms with Gasteiger partial charge >= 0.3 is 24.1 Å². The first-order chi connectivity index (χ1) is 14.5. The molecule has 0 saturated heterocycles. The lowest BCUT2D eigenvalue weighted by Crippen LogP contribution is -2.37. The van der Waals surface area contributed by atoms with Crippen LogP contribution in [0.1, 0.15) is 22.4 Å². The topological polar surface area (TPSA) is 62.2 Å². The summed E-state index contributed by atoms with van der Waals surface area (Å²) >= 11 is 0.872. The quantitative estimate of drug-likeness (QED) is 0.403. The van der Waals surface area contributed by atoms with E-state index < -0.39 is 58.0 Å². The molecular weight excluding hydrogens is 477 g/mol. The summed E-state index contributed by atoms with van der Waals surface area (Å²) in [6.45, 7) is 1.41. The van der Waals surface area contributed by atoms with E-state index in [2.05, 4.69) is 5.38 Å². The van der Waals surface area contributed by atoms with E-state index in [-0.39, 0.29) is 23.4 Å². The summed E-state index contributed by atoms with van der Waals surface area (Å²) in [6, 6.07) is 0.359. The molecule has 0 atom stereocenters. The van der Waals surface area contributed by atoms with Crippen LogP contribution in [0.25, 0.3) is 17.1 Å². The normalized spacial score (nSPS) is 12.9. The van der Waals surface area contributed by atoms with Gasteiger partial charge in [0.1, 0.15) is 0 Å². The van der Waals surface area contributed by atoms with Crippen molar-refractivity contribution >= 4 is 17.0 Å². The number of nitrogens with one attached hydrogen (secondary N) is 1. The van der Waals surface area contributed by atoms with Crippen molar-refractivity contribution in [2.45, 2.75) is 25.5 Å². The van der Waals surface area contributed by atoms with E-state index in [4.69, 9.17) is 5.73 Å². The molecule has 0 aliphatic rings. The maximum Gasteiger partial charge on any atom is 0.455 e. The minimum atomic E-state index is -5.40. The van der Waals surface area contributed by atoms with Crippen molar-refractivity contribution in [3.63, 3.8) is 0 Å². The van der Waals surface area contributed by atoms with Crippen molar-refractivity contribution < 1.29 is 44.5 Å². The highest BCUT2D eigenvalue weighted by atomic mass is 32.1. The summed E-state index contributed by atoms with van der Waals surface area (Å²) in [4.78, 5) is 14.4. The Hall–Kier alpha value is -3.03. The first kappa shape index (κ1) is 23.6.